The summed E-state index contributed by atoms with van der Waals surface area (Å²) >= 11 is 0. The molecule has 0 radical (unpaired) electrons. The number of halogens is 2. The molecule has 0 spiro atoms. The number of benzene rings is 1. The van der Waals surface area contributed by atoms with Gasteiger partial charge in [-0.25, -0.2) is 13.8 Å². The second-order valence-corrected chi connectivity index (χ2v) is 9.84. The van der Waals surface area contributed by atoms with Crippen molar-refractivity contribution in [2.75, 3.05) is 29.9 Å². The third-order valence-corrected chi connectivity index (χ3v) is 6.91. The van der Waals surface area contributed by atoms with E-state index in [2.05, 4.69) is 30.6 Å². The Kier molecular flexibility index (Phi) is 7.40. The van der Waals surface area contributed by atoms with Gasteiger partial charge in [-0.05, 0) is 48.2 Å². The largest absolute Gasteiger partial charge is 0.396 e. The standard InChI is InChI=1S/C27H30F2N8O2/c1-15-13-36(14-21(30)26(15)33-16(2)39)24-5-7-31-12-23(24)34-27-32-11-18-3-4-22(35-37(18)27)25-19(28)9-17(6-8-38)10-20(25)29/h3-5,7,9-12,15,21,26,38H,6,8,13-14,30H2,1-2H3,(H,32,34)(H,33,39)/t15-,21+,26-/m0/s1. The van der Waals surface area contributed by atoms with Crippen molar-refractivity contribution in [3.05, 3.63) is 66.1 Å². The first-order valence-corrected chi connectivity index (χ1v) is 12.7. The summed E-state index contributed by atoms with van der Waals surface area (Å²) in [7, 11) is 0. The van der Waals surface area contributed by atoms with Gasteiger partial charge in [0.1, 0.15) is 11.6 Å². The topological polar surface area (TPSA) is 134 Å². The van der Waals surface area contributed by atoms with Crippen LogP contribution in [0.15, 0.2) is 48.9 Å². The minimum Gasteiger partial charge on any atom is -0.396 e. The summed E-state index contributed by atoms with van der Waals surface area (Å²) in [6, 6.07) is 7.09. The molecule has 5 N–H and O–H groups in total. The summed E-state index contributed by atoms with van der Waals surface area (Å²) < 4.78 is 31.2. The van der Waals surface area contributed by atoms with E-state index in [4.69, 9.17) is 10.8 Å². The fourth-order valence-corrected chi connectivity index (χ4v) is 5.13. The van der Waals surface area contributed by atoms with Gasteiger partial charge in [-0.3, -0.25) is 9.78 Å². The van der Waals surface area contributed by atoms with Gasteiger partial charge in [0.15, 0.2) is 0 Å². The van der Waals surface area contributed by atoms with E-state index >= 15 is 0 Å². The molecule has 1 fully saturated rings. The number of carbonyl (C=O) groups excluding carboxylic acids is 1. The number of aliphatic hydroxyl groups is 1. The highest BCUT2D eigenvalue weighted by molar-refractivity contribution is 5.75. The minimum absolute atomic E-state index is 0.0975. The molecule has 0 saturated carbocycles. The molecule has 1 saturated heterocycles. The van der Waals surface area contributed by atoms with Crippen LogP contribution in [0.5, 0.6) is 0 Å². The number of hydrogen-bond acceptors (Lipinski definition) is 8. The predicted molar refractivity (Wildman–Crippen MR) is 144 cm³/mol. The average molecular weight is 537 g/mol. The second-order valence-electron chi connectivity index (χ2n) is 9.84. The highest BCUT2D eigenvalue weighted by Crippen LogP contribution is 2.32. The van der Waals surface area contributed by atoms with Crippen LogP contribution < -0.4 is 21.3 Å². The van der Waals surface area contributed by atoms with Gasteiger partial charge in [0.05, 0.1) is 40.5 Å². The highest BCUT2D eigenvalue weighted by atomic mass is 19.1. The normalized spacial score (nSPS) is 19.3. The van der Waals surface area contributed by atoms with E-state index in [-0.39, 0.29) is 48.2 Å². The lowest BCUT2D eigenvalue weighted by atomic mass is 9.89. The van der Waals surface area contributed by atoms with E-state index in [0.29, 0.717) is 35.8 Å². The maximum absolute atomic E-state index is 14.9. The maximum atomic E-state index is 14.9. The zero-order chi connectivity index (χ0) is 27.7. The van der Waals surface area contributed by atoms with Crippen molar-refractivity contribution in [2.24, 2.45) is 11.7 Å². The molecule has 1 amide bonds. The number of fused-ring (bicyclic) bond motifs is 1. The fourth-order valence-electron chi connectivity index (χ4n) is 5.13. The molecular weight excluding hydrogens is 506 g/mol. The van der Waals surface area contributed by atoms with E-state index in [9.17, 15) is 13.6 Å². The molecule has 3 atom stereocenters. The molecule has 0 bridgehead atoms. The number of nitrogens with two attached hydrogens (primary N) is 1. The van der Waals surface area contributed by atoms with Crippen LogP contribution in [0.1, 0.15) is 19.4 Å². The van der Waals surface area contributed by atoms with Crippen LogP contribution in [-0.4, -0.2) is 62.4 Å². The number of amides is 1. The van der Waals surface area contributed by atoms with Crippen LogP contribution >= 0.6 is 0 Å². The van der Waals surface area contributed by atoms with Gasteiger partial charge in [0.2, 0.25) is 11.9 Å². The van der Waals surface area contributed by atoms with Gasteiger partial charge < -0.3 is 26.4 Å². The Hall–Kier alpha value is -4.16. The van der Waals surface area contributed by atoms with Crippen LogP contribution in [0.3, 0.4) is 0 Å². The molecule has 4 aromatic rings. The van der Waals surface area contributed by atoms with Crippen LogP contribution in [0, 0.1) is 17.6 Å². The number of nitrogens with zero attached hydrogens (tertiary/aromatic N) is 5. The Labute approximate surface area is 223 Å². The molecule has 0 aliphatic carbocycles. The molecule has 204 valence electrons. The van der Waals surface area contributed by atoms with E-state index < -0.39 is 11.6 Å². The molecular formula is C27H30F2N8O2. The molecule has 10 nitrogen and oxygen atoms in total. The van der Waals surface area contributed by atoms with E-state index in [1.807, 2.05) is 13.0 Å². The number of carbonyl (C=O) groups is 1. The van der Waals surface area contributed by atoms with Gasteiger partial charge in [-0.2, -0.15) is 9.61 Å². The van der Waals surface area contributed by atoms with Gasteiger partial charge in [0, 0.05) is 44.9 Å². The predicted octanol–water partition coefficient (Wildman–Crippen LogP) is 2.64. The van der Waals surface area contributed by atoms with Crippen LogP contribution in [0.2, 0.25) is 0 Å². The second kappa shape index (κ2) is 10.9. The molecule has 0 unspecified atom stereocenters. The Bertz CT molecular complexity index is 1480. The SMILES string of the molecule is CC(=O)N[C@@H]1[C@H](N)CN(c2ccncc2Nc2ncc3ccc(-c4c(F)cc(CCO)cc4F)nn23)C[C@@H]1C. The van der Waals surface area contributed by atoms with Crippen molar-refractivity contribution in [3.63, 3.8) is 0 Å². The number of aromatic nitrogens is 4. The molecule has 12 heteroatoms. The van der Waals surface area contributed by atoms with Crippen LogP contribution in [0.25, 0.3) is 16.8 Å². The first-order chi connectivity index (χ1) is 18.7. The molecule has 1 aliphatic heterocycles. The monoisotopic (exact) mass is 536 g/mol. The number of piperidine rings is 1. The number of nitrogens with one attached hydrogen (secondary N) is 2. The Morgan fingerprint density at radius 1 is 1.18 bits per heavy atom. The summed E-state index contributed by atoms with van der Waals surface area (Å²) in [6.45, 7) is 4.50. The van der Waals surface area contributed by atoms with Crippen LogP contribution in [-0.2, 0) is 11.2 Å². The molecule has 1 aromatic carbocycles. The van der Waals surface area contributed by atoms with E-state index in [0.717, 1.165) is 5.69 Å². The van der Waals surface area contributed by atoms with Gasteiger partial charge in [0.25, 0.3) is 0 Å². The highest BCUT2D eigenvalue weighted by Gasteiger charge is 2.34. The molecule has 1 aliphatic rings. The lowest BCUT2D eigenvalue weighted by Crippen LogP contribution is -2.61. The summed E-state index contributed by atoms with van der Waals surface area (Å²) in [4.78, 5) is 22.4. The van der Waals surface area contributed by atoms with Gasteiger partial charge in [-0.1, -0.05) is 6.92 Å². The van der Waals surface area contributed by atoms with Crippen molar-refractivity contribution >= 4 is 28.7 Å². The minimum atomic E-state index is -0.761. The number of rotatable bonds is 7. The molecule has 3 aromatic heterocycles. The third kappa shape index (κ3) is 5.38. The number of aliphatic hydroxyl groups excluding tert-OH is 1. The van der Waals surface area contributed by atoms with Gasteiger partial charge >= 0.3 is 0 Å². The van der Waals surface area contributed by atoms with Gasteiger partial charge in [-0.15, -0.1) is 0 Å². The Balaban J connectivity index is 1.45. The summed E-state index contributed by atoms with van der Waals surface area (Å²) in [5.41, 5.74) is 8.76. The third-order valence-electron chi connectivity index (χ3n) is 6.91. The summed E-state index contributed by atoms with van der Waals surface area (Å²) in [5, 5.41) is 19.8. The maximum Gasteiger partial charge on any atom is 0.229 e. The fraction of sp³-hybridized carbons (Fsp3) is 0.333. The summed E-state index contributed by atoms with van der Waals surface area (Å²) in [5.74, 6) is -1.20. The Morgan fingerprint density at radius 2 is 1.95 bits per heavy atom. The zero-order valence-corrected chi connectivity index (χ0v) is 21.6. The number of pyridine rings is 1. The van der Waals surface area contributed by atoms with Crippen molar-refractivity contribution in [2.45, 2.75) is 32.4 Å². The Morgan fingerprint density at radius 3 is 2.64 bits per heavy atom. The van der Waals surface area contributed by atoms with Crippen molar-refractivity contribution < 1.29 is 18.7 Å². The number of imidazole rings is 1. The van der Waals surface area contributed by atoms with Crippen LogP contribution in [0.4, 0.5) is 26.1 Å². The van der Waals surface area contributed by atoms with E-state index in [1.165, 1.54) is 29.6 Å². The average Bonchev–Trinajstić information content (AvgIpc) is 3.28. The first kappa shape index (κ1) is 26.4. The molecule has 4 heterocycles. The van der Waals surface area contributed by atoms with Crippen molar-refractivity contribution in [1.82, 2.24) is 24.9 Å². The zero-order valence-electron chi connectivity index (χ0n) is 21.6. The van der Waals surface area contributed by atoms with Crippen molar-refractivity contribution in [3.8, 4) is 11.3 Å². The quantitative estimate of drug-likeness (QED) is 0.283. The molecule has 5 rings (SSSR count). The number of hydrogen-bond donors (Lipinski definition) is 4. The van der Waals surface area contributed by atoms with Crippen molar-refractivity contribution in [1.29, 1.82) is 0 Å². The molecule has 39 heavy (non-hydrogen) atoms. The lowest BCUT2D eigenvalue weighted by molar-refractivity contribution is -0.120. The van der Waals surface area contributed by atoms with E-state index in [1.54, 1.807) is 24.7 Å². The first-order valence-electron chi connectivity index (χ1n) is 12.7. The summed E-state index contributed by atoms with van der Waals surface area (Å²) in [6.07, 6.45) is 5.10. The number of anilines is 3. The smallest absolute Gasteiger partial charge is 0.229 e. The lowest BCUT2D eigenvalue weighted by Gasteiger charge is -2.42.